The van der Waals surface area contributed by atoms with E-state index in [2.05, 4.69) is 16.6 Å². The van der Waals surface area contributed by atoms with Crippen LogP contribution in [0.25, 0.3) is 10.4 Å². The molecule has 0 aliphatic carbocycles. The third kappa shape index (κ3) is 4.79. The van der Waals surface area contributed by atoms with Gasteiger partial charge in [-0.05, 0) is 5.53 Å². The van der Waals surface area contributed by atoms with Gasteiger partial charge in [0.2, 0.25) is 0 Å². The van der Waals surface area contributed by atoms with E-state index >= 15 is 0 Å². The highest BCUT2D eigenvalue weighted by atomic mass is 15.1. The van der Waals surface area contributed by atoms with E-state index in [0.29, 0.717) is 6.54 Å². The molecule has 0 fully saturated rings. The van der Waals surface area contributed by atoms with Crippen molar-refractivity contribution >= 4 is 0 Å². The van der Waals surface area contributed by atoms with Crippen LogP contribution in [0.3, 0.4) is 0 Å². The van der Waals surface area contributed by atoms with Gasteiger partial charge in [-0.25, -0.2) is 0 Å². The van der Waals surface area contributed by atoms with E-state index in [1.54, 1.807) is 18.2 Å². The van der Waals surface area contributed by atoms with Crippen LogP contribution in [0.4, 0.5) is 0 Å². The van der Waals surface area contributed by atoms with Crippen LogP contribution in [0.5, 0.6) is 0 Å². The van der Waals surface area contributed by atoms with E-state index in [0.717, 1.165) is 0 Å². The lowest BCUT2D eigenvalue weighted by Gasteiger charge is -1.70. The molecule has 0 atom stereocenters. The third-order valence-corrected chi connectivity index (χ3v) is 0.522. The maximum atomic E-state index is 7.76. The van der Waals surface area contributed by atoms with Gasteiger partial charge in [-0.15, -0.1) is 0 Å². The van der Waals surface area contributed by atoms with Crippen LogP contribution in [-0.2, 0) is 0 Å². The Morgan fingerprint density at radius 1 is 1.75 bits per heavy atom. The number of allylic oxidation sites excluding steroid dienone is 2. The van der Waals surface area contributed by atoms with E-state index in [1.807, 2.05) is 0 Å². The molecule has 0 saturated carbocycles. The molecule has 0 aromatic heterocycles. The monoisotopic (exact) mass is 109 g/mol. The van der Waals surface area contributed by atoms with Crippen LogP contribution in [-0.4, -0.2) is 6.54 Å². The van der Waals surface area contributed by atoms with Crippen LogP contribution in [0, 0.1) is 0 Å². The second-order valence-electron chi connectivity index (χ2n) is 1.08. The molecule has 0 aromatic rings. The largest absolute Gasteiger partial charge is 0.0991 e. The Morgan fingerprint density at radius 3 is 3.00 bits per heavy atom. The van der Waals surface area contributed by atoms with Gasteiger partial charge in [0, 0.05) is 11.5 Å². The Kier molecular flexibility index (Phi) is 4.91. The molecule has 0 aliphatic heterocycles. The lowest BCUT2D eigenvalue weighted by Crippen LogP contribution is -1.62. The zero-order chi connectivity index (χ0) is 6.24. The first kappa shape index (κ1) is 6.79. The third-order valence-electron chi connectivity index (χ3n) is 0.522. The molecule has 3 heteroatoms. The molecule has 42 valence electrons. The van der Waals surface area contributed by atoms with Crippen molar-refractivity contribution in [2.45, 2.75) is 0 Å². The van der Waals surface area contributed by atoms with E-state index in [4.69, 9.17) is 5.53 Å². The number of azide groups is 1. The van der Waals surface area contributed by atoms with Gasteiger partial charge in [-0.1, -0.05) is 29.9 Å². The summed E-state index contributed by atoms with van der Waals surface area (Å²) in [6.07, 6.45) is 5.09. The van der Waals surface area contributed by atoms with Gasteiger partial charge in [0.05, 0.1) is 0 Å². The van der Waals surface area contributed by atoms with Gasteiger partial charge in [0.25, 0.3) is 0 Å². The van der Waals surface area contributed by atoms with Crippen LogP contribution in [0.2, 0.25) is 0 Å². The van der Waals surface area contributed by atoms with Crippen molar-refractivity contribution in [2.24, 2.45) is 5.11 Å². The summed E-state index contributed by atoms with van der Waals surface area (Å²) in [6.45, 7) is 3.84. The molecule has 0 bridgehead atoms. The van der Waals surface area contributed by atoms with Crippen LogP contribution in [0.1, 0.15) is 0 Å². The molecule has 0 N–H and O–H groups in total. The van der Waals surface area contributed by atoms with Crippen LogP contribution in [0.15, 0.2) is 29.9 Å². The van der Waals surface area contributed by atoms with E-state index in [-0.39, 0.29) is 0 Å². The molecular formula is C5H7N3. The van der Waals surface area contributed by atoms with Crippen molar-refractivity contribution in [3.05, 3.63) is 35.2 Å². The summed E-state index contributed by atoms with van der Waals surface area (Å²) in [6, 6.07) is 0. The fraction of sp³-hybridized carbons (Fsp3) is 0.200. The first-order chi connectivity index (χ1) is 3.91. The lowest BCUT2D eigenvalue weighted by atomic mass is 10.5. The first-order valence-electron chi connectivity index (χ1n) is 2.20. The van der Waals surface area contributed by atoms with E-state index in [9.17, 15) is 0 Å². The van der Waals surface area contributed by atoms with Crippen molar-refractivity contribution in [2.75, 3.05) is 6.54 Å². The minimum atomic E-state index is 0.405. The zero-order valence-electron chi connectivity index (χ0n) is 4.49. The highest BCUT2D eigenvalue weighted by Crippen LogP contribution is 1.75. The summed E-state index contributed by atoms with van der Waals surface area (Å²) < 4.78 is 0. The number of rotatable bonds is 3. The summed E-state index contributed by atoms with van der Waals surface area (Å²) in [7, 11) is 0. The normalized spacial score (nSPS) is 8.50. The smallest absolute Gasteiger partial charge is 0.0443 e. The Balaban J connectivity index is 3.29. The minimum absolute atomic E-state index is 0.405. The van der Waals surface area contributed by atoms with Gasteiger partial charge in [-0.3, -0.25) is 0 Å². The molecule has 0 radical (unpaired) electrons. The van der Waals surface area contributed by atoms with Crippen molar-refractivity contribution < 1.29 is 0 Å². The molecule has 3 nitrogen and oxygen atoms in total. The lowest BCUT2D eigenvalue weighted by molar-refractivity contribution is 1.21. The fourth-order valence-corrected chi connectivity index (χ4v) is 0.241. The van der Waals surface area contributed by atoms with Gasteiger partial charge in [-0.2, -0.15) is 0 Å². The summed E-state index contributed by atoms with van der Waals surface area (Å²) in [5.41, 5.74) is 7.76. The quantitative estimate of drug-likeness (QED) is 0.230. The highest BCUT2D eigenvalue weighted by Gasteiger charge is 1.63. The molecule has 0 unspecified atom stereocenters. The molecule has 0 spiro atoms. The maximum absolute atomic E-state index is 7.76. The Bertz CT molecular complexity index is 131. The first-order valence-corrected chi connectivity index (χ1v) is 2.20. The van der Waals surface area contributed by atoms with Gasteiger partial charge < -0.3 is 0 Å². The van der Waals surface area contributed by atoms with Gasteiger partial charge in [0.1, 0.15) is 0 Å². The second kappa shape index (κ2) is 5.79. The molecule has 0 heterocycles. The molecular weight excluding hydrogens is 102 g/mol. The highest BCUT2D eigenvalue weighted by molar-refractivity contribution is 4.97. The predicted octanol–water partition coefficient (Wildman–Crippen LogP) is 2.04. The number of hydrogen-bond acceptors (Lipinski definition) is 1. The Morgan fingerprint density at radius 2 is 2.50 bits per heavy atom. The molecule has 0 saturated heterocycles. The van der Waals surface area contributed by atoms with E-state index < -0.39 is 0 Å². The van der Waals surface area contributed by atoms with Crippen molar-refractivity contribution in [1.82, 2.24) is 0 Å². The molecule has 8 heavy (non-hydrogen) atoms. The predicted molar refractivity (Wildman–Crippen MR) is 33.3 cm³/mol. The summed E-state index contributed by atoms with van der Waals surface area (Å²) in [5, 5.41) is 3.26. The maximum Gasteiger partial charge on any atom is 0.0443 e. The van der Waals surface area contributed by atoms with E-state index in [1.165, 1.54) is 0 Å². The standard InChI is InChI=1S/C5H7N3/c1-2-3-4-5-7-8-6/h2-4H,1,5H2. The van der Waals surface area contributed by atoms with Crippen molar-refractivity contribution in [3.8, 4) is 0 Å². The average molecular weight is 109 g/mol. The molecule has 0 aliphatic rings. The molecule has 0 amide bonds. The number of hydrogen-bond donors (Lipinski definition) is 0. The second-order valence-corrected chi connectivity index (χ2v) is 1.08. The topological polar surface area (TPSA) is 48.8 Å². The van der Waals surface area contributed by atoms with Crippen LogP contribution >= 0.6 is 0 Å². The van der Waals surface area contributed by atoms with Gasteiger partial charge in [0.15, 0.2) is 0 Å². The van der Waals surface area contributed by atoms with Crippen molar-refractivity contribution in [3.63, 3.8) is 0 Å². The minimum Gasteiger partial charge on any atom is -0.0991 e. The Hall–Kier alpha value is -1.21. The zero-order valence-corrected chi connectivity index (χ0v) is 4.49. The van der Waals surface area contributed by atoms with Crippen LogP contribution < -0.4 is 0 Å². The molecule has 0 rings (SSSR count). The molecule has 0 aromatic carbocycles. The Labute approximate surface area is 48.0 Å². The number of nitrogens with zero attached hydrogens (tertiary/aromatic N) is 3. The summed E-state index contributed by atoms with van der Waals surface area (Å²) in [5.74, 6) is 0. The summed E-state index contributed by atoms with van der Waals surface area (Å²) >= 11 is 0. The van der Waals surface area contributed by atoms with Crippen molar-refractivity contribution in [1.29, 1.82) is 0 Å². The fourth-order valence-electron chi connectivity index (χ4n) is 0.241. The SMILES string of the molecule is C=CC=CCN=[N+]=[N-]. The van der Waals surface area contributed by atoms with Gasteiger partial charge >= 0.3 is 0 Å². The summed E-state index contributed by atoms with van der Waals surface area (Å²) in [4.78, 5) is 2.55. The average Bonchev–Trinajstić information content (AvgIpc) is 1.81.